The number of nitrogens with one attached hydrogen (secondary N) is 1. The number of anilines is 2. The Morgan fingerprint density at radius 3 is 2.47 bits per heavy atom. The van der Waals surface area contributed by atoms with E-state index in [0.29, 0.717) is 5.69 Å². The van der Waals surface area contributed by atoms with Crippen LogP contribution < -0.4 is 11.1 Å². The van der Waals surface area contributed by atoms with Crippen molar-refractivity contribution >= 4 is 17.3 Å². The number of ether oxygens (including phenoxy) is 1. The lowest BCUT2D eigenvalue weighted by Crippen LogP contribution is -2.32. The van der Waals surface area contributed by atoms with Crippen LogP contribution in [-0.4, -0.2) is 18.1 Å². The fourth-order valence-corrected chi connectivity index (χ4v) is 2.66. The summed E-state index contributed by atoms with van der Waals surface area (Å²) < 4.78 is 5.70. The van der Waals surface area contributed by atoms with E-state index >= 15 is 0 Å². The summed E-state index contributed by atoms with van der Waals surface area (Å²) in [5.41, 5.74) is 8.29. The number of amides is 1. The zero-order chi connectivity index (χ0) is 14.2. The highest BCUT2D eigenvalue weighted by Crippen LogP contribution is 2.33. The highest BCUT2D eigenvalue weighted by atomic mass is 16.5. The van der Waals surface area contributed by atoms with E-state index in [-0.39, 0.29) is 30.0 Å². The van der Waals surface area contributed by atoms with Gasteiger partial charge in [0.1, 0.15) is 0 Å². The molecule has 19 heavy (non-hydrogen) atoms. The molecular weight excluding hydrogens is 240 g/mol. The number of hydrogen-bond donors (Lipinski definition) is 2. The van der Waals surface area contributed by atoms with Crippen molar-refractivity contribution in [3.8, 4) is 0 Å². The van der Waals surface area contributed by atoms with Gasteiger partial charge in [0.2, 0.25) is 5.91 Å². The summed E-state index contributed by atoms with van der Waals surface area (Å²) in [4.78, 5) is 12.3. The summed E-state index contributed by atoms with van der Waals surface area (Å²) in [5.74, 6) is 0.114. The fourth-order valence-electron chi connectivity index (χ4n) is 2.66. The monoisotopic (exact) mass is 262 g/mol. The van der Waals surface area contributed by atoms with E-state index in [1.165, 1.54) is 0 Å². The van der Waals surface area contributed by atoms with Crippen LogP contribution in [0.1, 0.15) is 26.3 Å². The van der Waals surface area contributed by atoms with E-state index in [0.717, 1.165) is 11.3 Å². The lowest BCUT2D eigenvalue weighted by molar-refractivity contribution is -0.121. The van der Waals surface area contributed by atoms with Crippen LogP contribution in [-0.2, 0) is 9.53 Å². The van der Waals surface area contributed by atoms with Crippen molar-refractivity contribution in [1.29, 1.82) is 0 Å². The molecule has 1 aliphatic heterocycles. The maximum absolute atomic E-state index is 12.3. The van der Waals surface area contributed by atoms with Gasteiger partial charge in [-0.05, 0) is 44.4 Å². The van der Waals surface area contributed by atoms with Crippen LogP contribution in [0.25, 0.3) is 0 Å². The molecule has 1 amide bonds. The summed E-state index contributed by atoms with van der Waals surface area (Å²) in [6.07, 6.45) is 0.0710. The molecule has 4 nitrogen and oxygen atoms in total. The van der Waals surface area contributed by atoms with Gasteiger partial charge in [0.15, 0.2) is 0 Å². The van der Waals surface area contributed by atoms with E-state index in [1.54, 1.807) is 6.07 Å². The van der Waals surface area contributed by atoms with Crippen molar-refractivity contribution in [3.05, 3.63) is 23.8 Å². The maximum Gasteiger partial charge on any atom is 0.230 e. The van der Waals surface area contributed by atoms with Gasteiger partial charge in [-0.2, -0.15) is 0 Å². The summed E-state index contributed by atoms with van der Waals surface area (Å²) in [5, 5.41) is 2.93. The molecule has 3 N–H and O–H groups in total. The van der Waals surface area contributed by atoms with Crippen molar-refractivity contribution in [2.45, 2.75) is 39.9 Å². The standard InChI is InChI=1S/C15H22N2O2/c1-8-5-6-12(7-13(8)16)17-15(18)14-9(2)10(3)19-11(14)4/h5-7,9-11,14H,16H2,1-4H3,(H,17,18). The number of nitrogen functional groups attached to an aromatic ring is 1. The number of aryl methyl sites for hydroxylation is 1. The van der Waals surface area contributed by atoms with Gasteiger partial charge in [0, 0.05) is 11.4 Å². The van der Waals surface area contributed by atoms with Gasteiger partial charge in [0.25, 0.3) is 0 Å². The smallest absolute Gasteiger partial charge is 0.230 e. The third-order valence-electron chi connectivity index (χ3n) is 4.09. The van der Waals surface area contributed by atoms with Crippen LogP contribution >= 0.6 is 0 Å². The van der Waals surface area contributed by atoms with Crippen molar-refractivity contribution in [1.82, 2.24) is 0 Å². The van der Waals surface area contributed by atoms with E-state index in [9.17, 15) is 4.79 Å². The average molecular weight is 262 g/mol. The zero-order valence-electron chi connectivity index (χ0n) is 11.9. The SMILES string of the molecule is Cc1ccc(NC(=O)C2C(C)OC(C)C2C)cc1N. The topological polar surface area (TPSA) is 64.3 Å². The quantitative estimate of drug-likeness (QED) is 0.805. The number of nitrogens with two attached hydrogens (primary N) is 1. The normalized spacial score (nSPS) is 30.3. The Kier molecular flexibility index (Phi) is 3.80. The Morgan fingerprint density at radius 2 is 1.95 bits per heavy atom. The summed E-state index contributed by atoms with van der Waals surface area (Å²) in [7, 11) is 0. The number of rotatable bonds is 2. The summed E-state index contributed by atoms with van der Waals surface area (Å²) in [6.45, 7) is 7.96. The van der Waals surface area contributed by atoms with Gasteiger partial charge in [-0.3, -0.25) is 4.79 Å². The molecule has 0 saturated carbocycles. The first-order chi connectivity index (χ1) is 8.90. The lowest BCUT2D eigenvalue weighted by Gasteiger charge is -2.18. The molecule has 2 rings (SSSR count). The molecule has 1 fully saturated rings. The third-order valence-corrected chi connectivity index (χ3v) is 4.09. The Hall–Kier alpha value is -1.55. The first kappa shape index (κ1) is 13.9. The maximum atomic E-state index is 12.3. The Labute approximate surface area is 114 Å². The van der Waals surface area contributed by atoms with Gasteiger partial charge >= 0.3 is 0 Å². The predicted molar refractivity (Wildman–Crippen MR) is 76.9 cm³/mol. The third kappa shape index (κ3) is 2.73. The van der Waals surface area contributed by atoms with Gasteiger partial charge in [0.05, 0.1) is 18.1 Å². The Morgan fingerprint density at radius 1 is 1.26 bits per heavy atom. The van der Waals surface area contributed by atoms with Crippen LogP contribution in [0.4, 0.5) is 11.4 Å². The summed E-state index contributed by atoms with van der Waals surface area (Å²) in [6, 6.07) is 5.57. The molecule has 4 heteroatoms. The zero-order valence-corrected chi connectivity index (χ0v) is 11.9. The predicted octanol–water partition coefficient (Wildman–Crippen LogP) is 2.58. The molecule has 1 aromatic rings. The number of carbonyl (C=O) groups excluding carboxylic acids is 1. The van der Waals surface area contributed by atoms with Crippen molar-refractivity contribution in [3.63, 3.8) is 0 Å². The molecule has 0 aliphatic carbocycles. The van der Waals surface area contributed by atoms with Crippen molar-refractivity contribution < 1.29 is 9.53 Å². The highest BCUT2D eigenvalue weighted by molar-refractivity contribution is 5.93. The van der Waals surface area contributed by atoms with Gasteiger partial charge in [-0.25, -0.2) is 0 Å². The Bertz CT molecular complexity index is 487. The highest BCUT2D eigenvalue weighted by Gasteiger charge is 2.41. The molecule has 4 unspecified atom stereocenters. The second-order valence-electron chi connectivity index (χ2n) is 5.49. The van der Waals surface area contributed by atoms with Crippen LogP contribution in [0.2, 0.25) is 0 Å². The molecule has 1 saturated heterocycles. The molecule has 104 valence electrons. The molecule has 1 aliphatic rings. The van der Waals surface area contributed by atoms with Crippen molar-refractivity contribution in [2.24, 2.45) is 11.8 Å². The summed E-state index contributed by atoms with van der Waals surface area (Å²) >= 11 is 0. The largest absolute Gasteiger partial charge is 0.398 e. The van der Waals surface area contributed by atoms with E-state index in [2.05, 4.69) is 12.2 Å². The molecule has 0 aromatic heterocycles. The number of carbonyl (C=O) groups is 1. The minimum atomic E-state index is -0.113. The molecule has 4 atom stereocenters. The first-order valence-corrected chi connectivity index (χ1v) is 6.72. The Balaban J connectivity index is 2.10. The second kappa shape index (κ2) is 5.21. The fraction of sp³-hybridized carbons (Fsp3) is 0.533. The minimum absolute atomic E-state index is 0.00704. The first-order valence-electron chi connectivity index (χ1n) is 6.72. The van der Waals surface area contributed by atoms with Crippen LogP contribution in [0, 0.1) is 18.8 Å². The average Bonchev–Trinajstić information content (AvgIpc) is 2.58. The molecule has 1 heterocycles. The molecule has 0 bridgehead atoms. The van der Waals surface area contributed by atoms with E-state index in [1.807, 2.05) is 32.9 Å². The molecule has 0 spiro atoms. The number of benzene rings is 1. The van der Waals surface area contributed by atoms with E-state index < -0.39 is 0 Å². The van der Waals surface area contributed by atoms with Gasteiger partial charge in [-0.1, -0.05) is 13.0 Å². The lowest BCUT2D eigenvalue weighted by atomic mass is 9.89. The van der Waals surface area contributed by atoms with Crippen LogP contribution in [0.3, 0.4) is 0 Å². The van der Waals surface area contributed by atoms with Gasteiger partial charge in [-0.15, -0.1) is 0 Å². The van der Waals surface area contributed by atoms with Crippen LogP contribution in [0.15, 0.2) is 18.2 Å². The molecule has 1 aromatic carbocycles. The molecular formula is C15H22N2O2. The van der Waals surface area contributed by atoms with Crippen LogP contribution in [0.5, 0.6) is 0 Å². The minimum Gasteiger partial charge on any atom is -0.398 e. The van der Waals surface area contributed by atoms with E-state index in [4.69, 9.17) is 10.5 Å². The van der Waals surface area contributed by atoms with Crippen molar-refractivity contribution in [2.75, 3.05) is 11.1 Å². The van der Waals surface area contributed by atoms with Gasteiger partial charge < -0.3 is 15.8 Å². The molecule has 0 radical (unpaired) electrons. The number of hydrogen-bond acceptors (Lipinski definition) is 3. The second-order valence-corrected chi connectivity index (χ2v) is 5.49.